The number of sulfonamides is 1. The number of hydrogen-bond acceptors (Lipinski definition) is 6. The number of nitrogens with one attached hydrogen (secondary N) is 3. The minimum atomic E-state index is -3.93. The Kier molecular flexibility index (Phi) is 9.09. The fourth-order valence-electron chi connectivity index (χ4n) is 3.55. The van der Waals surface area contributed by atoms with E-state index in [1.807, 2.05) is 30.3 Å². The summed E-state index contributed by atoms with van der Waals surface area (Å²) in [6.07, 6.45) is 1.41. The third kappa shape index (κ3) is 8.17. The number of rotatable bonds is 11. The van der Waals surface area contributed by atoms with Gasteiger partial charge in [-0.1, -0.05) is 30.3 Å². The average molecular weight is 529 g/mol. The number of nitrogens with zero attached hydrogens (tertiary/aromatic N) is 1. The molecule has 37 heavy (non-hydrogen) atoms. The first kappa shape index (κ1) is 27.9. The van der Waals surface area contributed by atoms with Gasteiger partial charge in [-0.2, -0.15) is 0 Å². The molecule has 1 aromatic heterocycles. The van der Waals surface area contributed by atoms with Crippen molar-refractivity contribution in [1.82, 2.24) is 15.0 Å². The maximum absolute atomic E-state index is 13.2. The quantitative estimate of drug-likeness (QED) is 0.351. The Labute approximate surface area is 215 Å². The van der Waals surface area contributed by atoms with Crippen molar-refractivity contribution in [2.75, 3.05) is 19.0 Å². The van der Waals surface area contributed by atoms with Gasteiger partial charge in [-0.15, -0.1) is 0 Å². The van der Waals surface area contributed by atoms with Gasteiger partial charge in [0.1, 0.15) is 11.9 Å². The van der Waals surface area contributed by atoms with Crippen molar-refractivity contribution >= 4 is 27.5 Å². The molecule has 0 spiro atoms. The molecule has 11 heteroatoms. The van der Waals surface area contributed by atoms with Crippen LogP contribution in [0.2, 0.25) is 0 Å². The number of hydrogen-bond donors (Lipinski definition) is 3. The highest BCUT2D eigenvalue weighted by molar-refractivity contribution is 7.89. The summed E-state index contributed by atoms with van der Waals surface area (Å²) in [5.41, 5.74) is 0.406. The number of ether oxygens (including phenoxy) is 1. The molecule has 196 valence electrons. The molecule has 0 fully saturated rings. The molecule has 3 N–H and O–H groups in total. The van der Waals surface area contributed by atoms with E-state index < -0.39 is 39.2 Å². The minimum absolute atomic E-state index is 0.160. The van der Waals surface area contributed by atoms with Gasteiger partial charge in [0.25, 0.3) is 15.9 Å². The van der Waals surface area contributed by atoms with Crippen LogP contribution in [0.15, 0.2) is 78.0 Å². The predicted molar refractivity (Wildman–Crippen MR) is 137 cm³/mol. The molecular weight excluding hydrogens is 499 g/mol. The number of aromatic nitrogens is 1. The van der Waals surface area contributed by atoms with Crippen molar-refractivity contribution < 1.29 is 27.1 Å². The van der Waals surface area contributed by atoms with Crippen LogP contribution in [-0.2, 0) is 26.0 Å². The molecule has 1 heterocycles. The van der Waals surface area contributed by atoms with Gasteiger partial charge < -0.3 is 15.4 Å². The standard InChI is InChI=1S/C26H29FN4O5S/c1-26(2,17-36-3)31-37(34,35)23-14-13-21(16-28-23)29-25(33)22(15-18-7-5-4-6-8-18)30-24(32)19-9-11-20(27)12-10-19/h4-14,16,22,31H,15,17H2,1-3H3,(H,29,33)(H,30,32)/t22-/m0/s1. The van der Waals surface area contributed by atoms with Crippen LogP contribution in [0.3, 0.4) is 0 Å². The lowest BCUT2D eigenvalue weighted by Gasteiger charge is -2.24. The summed E-state index contributed by atoms with van der Waals surface area (Å²) in [5, 5.41) is 5.12. The summed E-state index contributed by atoms with van der Waals surface area (Å²) in [7, 11) is -2.46. The van der Waals surface area contributed by atoms with Crippen LogP contribution in [0.5, 0.6) is 0 Å². The van der Waals surface area contributed by atoms with Crippen LogP contribution in [0.25, 0.3) is 0 Å². The molecule has 3 rings (SSSR count). The van der Waals surface area contributed by atoms with E-state index in [1.54, 1.807) is 13.8 Å². The van der Waals surface area contributed by atoms with E-state index in [0.717, 1.165) is 17.7 Å². The molecule has 0 unspecified atom stereocenters. The zero-order chi connectivity index (χ0) is 27.1. The zero-order valence-electron chi connectivity index (χ0n) is 20.7. The van der Waals surface area contributed by atoms with Crippen LogP contribution in [0, 0.1) is 5.82 Å². The van der Waals surface area contributed by atoms with Crippen molar-refractivity contribution in [2.45, 2.75) is 36.9 Å². The molecule has 2 amide bonds. The Hall–Kier alpha value is -3.67. The van der Waals surface area contributed by atoms with Crippen molar-refractivity contribution in [2.24, 2.45) is 0 Å². The Morgan fingerprint density at radius 2 is 1.70 bits per heavy atom. The molecule has 1 atom stereocenters. The third-order valence-corrected chi connectivity index (χ3v) is 6.82. The van der Waals surface area contributed by atoms with Gasteiger partial charge in [-0.05, 0) is 55.8 Å². The fraction of sp³-hybridized carbons (Fsp3) is 0.269. The van der Waals surface area contributed by atoms with E-state index in [2.05, 4.69) is 20.3 Å². The molecule has 0 aliphatic heterocycles. The second-order valence-electron chi connectivity index (χ2n) is 9.02. The van der Waals surface area contributed by atoms with E-state index in [4.69, 9.17) is 4.74 Å². The normalized spacial score (nSPS) is 12.5. The molecule has 3 aromatic rings. The molecule has 2 aromatic carbocycles. The number of halogens is 1. The highest BCUT2D eigenvalue weighted by Crippen LogP contribution is 2.15. The van der Waals surface area contributed by atoms with Gasteiger partial charge in [0.15, 0.2) is 5.03 Å². The number of pyridine rings is 1. The molecule has 0 aliphatic rings. The lowest BCUT2D eigenvalue weighted by molar-refractivity contribution is -0.118. The van der Waals surface area contributed by atoms with Crippen LogP contribution in [0.1, 0.15) is 29.8 Å². The Morgan fingerprint density at radius 1 is 1.03 bits per heavy atom. The third-order valence-electron chi connectivity index (χ3n) is 5.21. The topological polar surface area (TPSA) is 126 Å². The van der Waals surface area contributed by atoms with E-state index >= 15 is 0 Å². The second-order valence-corrected chi connectivity index (χ2v) is 10.6. The maximum atomic E-state index is 13.2. The Morgan fingerprint density at radius 3 is 2.30 bits per heavy atom. The van der Waals surface area contributed by atoms with Crippen LogP contribution in [-0.4, -0.2) is 50.5 Å². The van der Waals surface area contributed by atoms with Gasteiger partial charge in [0.05, 0.1) is 24.0 Å². The summed E-state index contributed by atoms with van der Waals surface area (Å²) in [5.74, 6) is -1.55. The van der Waals surface area contributed by atoms with Crippen molar-refractivity contribution in [1.29, 1.82) is 0 Å². The van der Waals surface area contributed by atoms with Crippen LogP contribution < -0.4 is 15.4 Å². The number of amides is 2. The lowest BCUT2D eigenvalue weighted by atomic mass is 10.0. The number of anilines is 1. The average Bonchev–Trinajstić information content (AvgIpc) is 2.84. The zero-order valence-corrected chi connectivity index (χ0v) is 21.5. The number of carbonyl (C=O) groups is 2. The molecule has 0 bridgehead atoms. The summed E-state index contributed by atoms with van der Waals surface area (Å²) >= 11 is 0. The Bertz CT molecular complexity index is 1320. The fourth-order valence-corrected chi connectivity index (χ4v) is 4.88. The van der Waals surface area contributed by atoms with Crippen molar-refractivity contribution in [3.8, 4) is 0 Å². The highest BCUT2D eigenvalue weighted by Gasteiger charge is 2.27. The largest absolute Gasteiger partial charge is 0.383 e. The molecule has 0 saturated carbocycles. The molecule has 0 saturated heterocycles. The number of benzene rings is 2. The molecular formula is C26H29FN4O5S. The first-order valence-corrected chi connectivity index (χ1v) is 12.9. The molecule has 0 radical (unpaired) electrons. The lowest BCUT2D eigenvalue weighted by Crippen LogP contribution is -2.46. The SMILES string of the molecule is COCC(C)(C)NS(=O)(=O)c1ccc(NC(=O)[C@H](Cc2ccccc2)NC(=O)c2ccc(F)cc2)cn1. The highest BCUT2D eigenvalue weighted by atomic mass is 32.2. The summed E-state index contributed by atoms with van der Waals surface area (Å²) in [4.78, 5) is 29.8. The monoisotopic (exact) mass is 528 g/mol. The maximum Gasteiger partial charge on any atom is 0.258 e. The second kappa shape index (κ2) is 12.0. The number of carbonyl (C=O) groups excluding carboxylic acids is 2. The van der Waals surface area contributed by atoms with Crippen molar-refractivity contribution in [3.63, 3.8) is 0 Å². The number of methoxy groups -OCH3 is 1. The van der Waals surface area contributed by atoms with Gasteiger partial charge in [-0.25, -0.2) is 22.5 Å². The molecule has 9 nitrogen and oxygen atoms in total. The van der Waals surface area contributed by atoms with Crippen LogP contribution >= 0.6 is 0 Å². The van der Waals surface area contributed by atoms with E-state index in [-0.39, 0.29) is 29.3 Å². The van der Waals surface area contributed by atoms with E-state index in [1.165, 1.54) is 37.6 Å². The van der Waals surface area contributed by atoms with Gasteiger partial charge in [-0.3, -0.25) is 9.59 Å². The Balaban J connectivity index is 1.75. The van der Waals surface area contributed by atoms with Gasteiger partial charge in [0.2, 0.25) is 5.91 Å². The van der Waals surface area contributed by atoms with Gasteiger partial charge >= 0.3 is 0 Å². The summed E-state index contributed by atoms with van der Waals surface area (Å²) in [6, 6.07) is 15.8. The van der Waals surface area contributed by atoms with Gasteiger partial charge in [0, 0.05) is 19.1 Å². The first-order chi connectivity index (χ1) is 17.5. The summed E-state index contributed by atoms with van der Waals surface area (Å²) < 4.78 is 46.1. The van der Waals surface area contributed by atoms with E-state index in [0.29, 0.717) is 0 Å². The minimum Gasteiger partial charge on any atom is -0.383 e. The van der Waals surface area contributed by atoms with E-state index in [9.17, 15) is 22.4 Å². The molecule has 0 aliphatic carbocycles. The smallest absolute Gasteiger partial charge is 0.258 e. The summed E-state index contributed by atoms with van der Waals surface area (Å²) in [6.45, 7) is 3.51. The van der Waals surface area contributed by atoms with Crippen molar-refractivity contribution in [3.05, 3.63) is 89.9 Å². The predicted octanol–water partition coefficient (Wildman–Crippen LogP) is 2.90. The van der Waals surface area contributed by atoms with Crippen LogP contribution in [0.4, 0.5) is 10.1 Å². The first-order valence-electron chi connectivity index (χ1n) is 11.4.